The second-order valence-electron chi connectivity index (χ2n) is 6.56. The van der Waals surface area contributed by atoms with E-state index in [-0.39, 0.29) is 22.8 Å². The van der Waals surface area contributed by atoms with E-state index in [9.17, 15) is 29.4 Å². The Hall–Kier alpha value is -3.59. The number of hydrogen-bond donors (Lipinski definition) is 2. The molecule has 0 saturated carbocycles. The number of phenolic OH excluding ortho intramolecular Hbond substituents is 2. The molecule has 0 unspecified atom stereocenters. The Morgan fingerprint density at radius 1 is 1.07 bits per heavy atom. The molecule has 3 amide bonds. The van der Waals surface area contributed by atoms with Crippen molar-refractivity contribution in [1.82, 2.24) is 9.80 Å². The summed E-state index contributed by atoms with van der Waals surface area (Å²) in [5.41, 5.74) is 0.871. The number of likely N-dealkylation sites (N-methyl/N-ethyl adjacent to an activating group) is 1. The molecule has 1 fully saturated rings. The average Bonchev–Trinajstić information content (AvgIpc) is 2.98. The summed E-state index contributed by atoms with van der Waals surface area (Å²) in [5, 5.41) is 18.3. The van der Waals surface area contributed by atoms with Crippen LogP contribution in [0.2, 0.25) is 0 Å². The van der Waals surface area contributed by atoms with Crippen molar-refractivity contribution in [2.24, 2.45) is 0 Å². The second kappa shape index (κ2) is 8.83. The number of carbonyl (C=O) groups is 4. The minimum atomic E-state index is -0.588. The molecule has 0 atom stereocenters. The fraction of sp³-hybridized carbons (Fsp3) is 0.143. The first-order valence-corrected chi connectivity index (χ1v) is 9.67. The van der Waals surface area contributed by atoms with Gasteiger partial charge in [-0.3, -0.25) is 24.1 Å². The highest BCUT2D eigenvalue weighted by molar-refractivity contribution is 8.18. The normalized spacial score (nSPS) is 15.0. The van der Waals surface area contributed by atoms with Gasteiger partial charge in [0, 0.05) is 12.6 Å². The van der Waals surface area contributed by atoms with Crippen molar-refractivity contribution in [2.45, 2.75) is 0 Å². The zero-order chi connectivity index (χ0) is 21.8. The Morgan fingerprint density at radius 2 is 1.77 bits per heavy atom. The molecule has 1 aliphatic rings. The highest BCUT2D eigenvalue weighted by Gasteiger charge is 2.37. The number of phenols is 2. The van der Waals surface area contributed by atoms with Gasteiger partial charge in [-0.1, -0.05) is 30.3 Å². The first-order valence-electron chi connectivity index (χ1n) is 8.86. The van der Waals surface area contributed by atoms with E-state index in [1.165, 1.54) is 19.2 Å². The largest absolute Gasteiger partial charge is 0.504 e. The zero-order valence-electron chi connectivity index (χ0n) is 15.9. The summed E-state index contributed by atoms with van der Waals surface area (Å²) in [5.74, 6) is -2.43. The number of carbonyl (C=O) groups excluding carboxylic acids is 4. The number of aromatic hydroxyl groups is 2. The van der Waals surface area contributed by atoms with Crippen molar-refractivity contribution in [3.05, 3.63) is 64.6 Å². The quantitative estimate of drug-likeness (QED) is 0.414. The van der Waals surface area contributed by atoms with Gasteiger partial charge in [-0.05, 0) is 41.6 Å². The van der Waals surface area contributed by atoms with Crippen LogP contribution in [0.3, 0.4) is 0 Å². The smallest absolute Gasteiger partial charge is 0.294 e. The summed E-state index contributed by atoms with van der Waals surface area (Å²) in [6.07, 6.45) is 1.58. The summed E-state index contributed by atoms with van der Waals surface area (Å²) in [6.45, 7) is -0.805. The molecule has 9 heteroatoms. The molecule has 0 bridgehead atoms. The number of benzene rings is 2. The number of ketones is 1. The van der Waals surface area contributed by atoms with Gasteiger partial charge >= 0.3 is 0 Å². The van der Waals surface area contributed by atoms with Crippen molar-refractivity contribution >= 4 is 40.7 Å². The Bertz CT molecular complexity index is 1050. The standard InChI is InChI=1S/C21H18N2O6S/c1-22(11-17(26)14-7-8-15(24)16(25)10-14)19(27)12-23-20(28)18(30-21(23)29)9-13-5-3-2-4-6-13/h2-10,24-25H,11-12H2,1H3/b18-9+. The molecule has 8 nitrogen and oxygen atoms in total. The number of rotatable bonds is 6. The molecule has 0 spiro atoms. The van der Waals surface area contributed by atoms with Crippen LogP contribution in [-0.4, -0.2) is 63.0 Å². The first kappa shape index (κ1) is 21.1. The third kappa shape index (κ3) is 4.69. The van der Waals surface area contributed by atoms with E-state index in [2.05, 4.69) is 0 Å². The van der Waals surface area contributed by atoms with Crippen LogP contribution in [-0.2, 0) is 9.59 Å². The van der Waals surface area contributed by atoms with Crippen molar-refractivity contribution in [2.75, 3.05) is 20.1 Å². The SMILES string of the molecule is CN(CC(=O)c1ccc(O)c(O)c1)C(=O)CN1C(=O)S/C(=C/c2ccccc2)C1=O. The van der Waals surface area contributed by atoms with E-state index in [0.717, 1.165) is 33.2 Å². The molecule has 0 aliphatic carbocycles. The van der Waals surface area contributed by atoms with Crippen LogP contribution in [0.4, 0.5) is 4.79 Å². The summed E-state index contributed by atoms with van der Waals surface area (Å²) < 4.78 is 0. The molecule has 2 aromatic rings. The molecular weight excluding hydrogens is 408 g/mol. The van der Waals surface area contributed by atoms with Gasteiger partial charge in [-0.2, -0.15) is 0 Å². The molecule has 0 radical (unpaired) electrons. The van der Waals surface area contributed by atoms with Crippen LogP contribution in [0.5, 0.6) is 11.5 Å². The van der Waals surface area contributed by atoms with Crippen molar-refractivity contribution in [3.8, 4) is 11.5 Å². The molecular formula is C21H18N2O6S. The highest BCUT2D eigenvalue weighted by atomic mass is 32.2. The molecule has 1 saturated heterocycles. The van der Waals surface area contributed by atoms with E-state index < -0.39 is 35.1 Å². The molecule has 2 aromatic carbocycles. The molecule has 30 heavy (non-hydrogen) atoms. The molecule has 0 aromatic heterocycles. The van der Waals surface area contributed by atoms with Crippen LogP contribution in [0.15, 0.2) is 53.4 Å². The Kier molecular flexibility index (Phi) is 6.22. The minimum absolute atomic E-state index is 0.113. The van der Waals surface area contributed by atoms with Crippen LogP contribution < -0.4 is 0 Å². The third-order valence-corrected chi connectivity index (χ3v) is 5.28. The minimum Gasteiger partial charge on any atom is -0.504 e. The molecule has 3 rings (SSSR count). The van der Waals surface area contributed by atoms with Crippen LogP contribution in [0.25, 0.3) is 6.08 Å². The van der Waals surface area contributed by atoms with Crippen LogP contribution in [0.1, 0.15) is 15.9 Å². The van der Waals surface area contributed by atoms with E-state index >= 15 is 0 Å². The Balaban J connectivity index is 1.64. The third-order valence-electron chi connectivity index (χ3n) is 4.37. The van der Waals surface area contributed by atoms with Crippen molar-refractivity contribution < 1.29 is 29.4 Å². The van der Waals surface area contributed by atoms with Gasteiger partial charge in [-0.25, -0.2) is 0 Å². The van der Waals surface area contributed by atoms with E-state index in [1.807, 2.05) is 6.07 Å². The highest BCUT2D eigenvalue weighted by Crippen LogP contribution is 2.32. The van der Waals surface area contributed by atoms with Gasteiger partial charge in [0.2, 0.25) is 5.91 Å². The fourth-order valence-corrected chi connectivity index (χ4v) is 3.52. The summed E-state index contributed by atoms with van der Waals surface area (Å²) in [6, 6.07) is 12.6. The number of imide groups is 1. The number of Topliss-reactive ketones (excluding diaryl/α,β-unsaturated/α-hetero) is 1. The second-order valence-corrected chi connectivity index (χ2v) is 7.55. The predicted molar refractivity (Wildman–Crippen MR) is 111 cm³/mol. The van der Waals surface area contributed by atoms with Gasteiger partial charge in [0.25, 0.3) is 11.1 Å². The predicted octanol–water partition coefficient (Wildman–Crippen LogP) is 2.48. The summed E-state index contributed by atoms with van der Waals surface area (Å²) >= 11 is 0.753. The van der Waals surface area contributed by atoms with E-state index in [0.29, 0.717) is 0 Å². The maximum atomic E-state index is 12.5. The number of thioether (sulfide) groups is 1. The number of hydrogen-bond acceptors (Lipinski definition) is 7. The lowest BCUT2D eigenvalue weighted by atomic mass is 10.1. The fourth-order valence-electron chi connectivity index (χ4n) is 2.68. The van der Waals surface area contributed by atoms with Gasteiger partial charge in [-0.15, -0.1) is 0 Å². The lowest BCUT2D eigenvalue weighted by Crippen LogP contribution is -2.42. The van der Waals surface area contributed by atoms with Crippen LogP contribution >= 0.6 is 11.8 Å². The number of amides is 3. The van der Waals surface area contributed by atoms with Crippen LogP contribution in [0, 0.1) is 0 Å². The topological polar surface area (TPSA) is 115 Å². The number of nitrogens with zero attached hydrogens (tertiary/aromatic N) is 2. The van der Waals surface area contributed by atoms with Gasteiger partial charge in [0.1, 0.15) is 6.54 Å². The lowest BCUT2D eigenvalue weighted by molar-refractivity contribution is -0.134. The Morgan fingerprint density at radius 3 is 2.43 bits per heavy atom. The van der Waals surface area contributed by atoms with E-state index in [1.54, 1.807) is 30.3 Å². The average molecular weight is 426 g/mol. The zero-order valence-corrected chi connectivity index (χ0v) is 16.8. The first-order chi connectivity index (χ1) is 14.3. The van der Waals surface area contributed by atoms with Gasteiger partial charge < -0.3 is 15.1 Å². The van der Waals surface area contributed by atoms with Crippen molar-refractivity contribution in [1.29, 1.82) is 0 Å². The summed E-state index contributed by atoms with van der Waals surface area (Å²) in [7, 11) is 1.37. The Labute approximate surface area is 176 Å². The monoisotopic (exact) mass is 426 g/mol. The van der Waals surface area contributed by atoms with Gasteiger partial charge in [0.15, 0.2) is 17.3 Å². The van der Waals surface area contributed by atoms with Gasteiger partial charge in [0.05, 0.1) is 11.4 Å². The van der Waals surface area contributed by atoms with E-state index in [4.69, 9.17) is 0 Å². The van der Waals surface area contributed by atoms with Crippen molar-refractivity contribution in [3.63, 3.8) is 0 Å². The molecule has 1 aliphatic heterocycles. The maximum Gasteiger partial charge on any atom is 0.294 e. The molecule has 154 valence electrons. The molecule has 2 N–H and O–H groups in total. The summed E-state index contributed by atoms with van der Waals surface area (Å²) in [4.78, 5) is 51.6. The molecule has 1 heterocycles. The lowest BCUT2D eigenvalue weighted by Gasteiger charge is -2.19. The maximum absolute atomic E-state index is 12.5.